The van der Waals surface area contributed by atoms with Crippen molar-refractivity contribution in [2.45, 2.75) is 13.0 Å². The van der Waals surface area contributed by atoms with Crippen LogP contribution in [0, 0.1) is 0 Å². The third kappa shape index (κ3) is 4.00. The van der Waals surface area contributed by atoms with Crippen LogP contribution in [0.2, 0.25) is 0 Å². The fourth-order valence-corrected chi connectivity index (χ4v) is 1.89. The van der Waals surface area contributed by atoms with Crippen molar-refractivity contribution in [2.24, 2.45) is 0 Å². The SMILES string of the molecule is COc1ccc(CCOCc2ccccc2)cc1N. The van der Waals surface area contributed by atoms with Crippen LogP contribution < -0.4 is 10.5 Å². The molecule has 0 atom stereocenters. The molecule has 0 aliphatic rings. The van der Waals surface area contributed by atoms with E-state index in [2.05, 4.69) is 12.1 Å². The highest BCUT2D eigenvalue weighted by atomic mass is 16.5. The van der Waals surface area contributed by atoms with E-state index in [-0.39, 0.29) is 0 Å². The maximum Gasteiger partial charge on any atom is 0.141 e. The number of anilines is 1. The quantitative estimate of drug-likeness (QED) is 0.639. The Bertz CT molecular complexity index is 511. The molecule has 0 heterocycles. The third-order valence-electron chi connectivity index (χ3n) is 2.94. The molecule has 2 aromatic rings. The predicted octanol–water partition coefficient (Wildman–Crippen LogP) is 3.04. The summed E-state index contributed by atoms with van der Waals surface area (Å²) in [5.74, 6) is 0.717. The summed E-state index contributed by atoms with van der Waals surface area (Å²) >= 11 is 0. The van der Waals surface area contributed by atoms with Crippen LogP contribution in [-0.4, -0.2) is 13.7 Å². The number of nitrogen functional groups attached to an aromatic ring is 1. The van der Waals surface area contributed by atoms with Gasteiger partial charge < -0.3 is 15.2 Å². The Morgan fingerprint density at radius 3 is 2.47 bits per heavy atom. The first-order valence-electron chi connectivity index (χ1n) is 6.33. The van der Waals surface area contributed by atoms with E-state index in [1.807, 2.05) is 36.4 Å². The Labute approximate surface area is 114 Å². The minimum Gasteiger partial charge on any atom is -0.495 e. The van der Waals surface area contributed by atoms with Crippen LogP contribution in [0.15, 0.2) is 48.5 Å². The van der Waals surface area contributed by atoms with Crippen molar-refractivity contribution in [3.05, 3.63) is 59.7 Å². The van der Waals surface area contributed by atoms with Gasteiger partial charge in [0.2, 0.25) is 0 Å². The molecule has 2 aromatic carbocycles. The molecule has 0 aliphatic carbocycles. The van der Waals surface area contributed by atoms with Gasteiger partial charge in [0.25, 0.3) is 0 Å². The van der Waals surface area contributed by atoms with Gasteiger partial charge in [-0.05, 0) is 29.7 Å². The van der Waals surface area contributed by atoms with Gasteiger partial charge in [-0.25, -0.2) is 0 Å². The Balaban J connectivity index is 1.78. The topological polar surface area (TPSA) is 44.5 Å². The summed E-state index contributed by atoms with van der Waals surface area (Å²) < 4.78 is 10.8. The van der Waals surface area contributed by atoms with E-state index in [1.165, 1.54) is 5.56 Å². The Kier molecular flexibility index (Phi) is 4.81. The number of ether oxygens (including phenoxy) is 2. The summed E-state index contributed by atoms with van der Waals surface area (Å²) in [5, 5.41) is 0. The molecular formula is C16H19NO2. The Hall–Kier alpha value is -2.00. The lowest BCUT2D eigenvalue weighted by atomic mass is 10.1. The zero-order chi connectivity index (χ0) is 13.5. The first-order valence-corrected chi connectivity index (χ1v) is 6.33. The molecule has 0 unspecified atom stereocenters. The van der Waals surface area contributed by atoms with Crippen molar-refractivity contribution in [2.75, 3.05) is 19.5 Å². The smallest absolute Gasteiger partial charge is 0.141 e. The van der Waals surface area contributed by atoms with Crippen molar-refractivity contribution in [3.63, 3.8) is 0 Å². The molecule has 0 spiro atoms. The van der Waals surface area contributed by atoms with Crippen molar-refractivity contribution >= 4 is 5.69 Å². The van der Waals surface area contributed by atoms with Gasteiger partial charge in [0.05, 0.1) is 26.0 Å². The molecule has 0 saturated heterocycles. The lowest BCUT2D eigenvalue weighted by molar-refractivity contribution is 0.124. The van der Waals surface area contributed by atoms with Gasteiger partial charge in [-0.3, -0.25) is 0 Å². The summed E-state index contributed by atoms with van der Waals surface area (Å²) in [6.45, 7) is 1.33. The zero-order valence-electron chi connectivity index (χ0n) is 11.1. The molecule has 2 N–H and O–H groups in total. The average Bonchev–Trinajstić information content (AvgIpc) is 2.45. The molecule has 0 radical (unpaired) electrons. The molecule has 100 valence electrons. The highest BCUT2D eigenvalue weighted by molar-refractivity contribution is 5.54. The van der Waals surface area contributed by atoms with Crippen molar-refractivity contribution in [3.8, 4) is 5.75 Å². The molecule has 0 aromatic heterocycles. The second-order valence-corrected chi connectivity index (χ2v) is 4.36. The van der Waals surface area contributed by atoms with Gasteiger partial charge in [0.15, 0.2) is 0 Å². The fraction of sp³-hybridized carbons (Fsp3) is 0.250. The second-order valence-electron chi connectivity index (χ2n) is 4.36. The van der Waals surface area contributed by atoms with Gasteiger partial charge in [0.1, 0.15) is 5.75 Å². The summed E-state index contributed by atoms with van der Waals surface area (Å²) in [6, 6.07) is 16.0. The van der Waals surface area contributed by atoms with E-state index >= 15 is 0 Å². The Morgan fingerprint density at radius 1 is 1.00 bits per heavy atom. The van der Waals surface area contributed by atoms with Crippen LogP contribution in [0.3, 0.4) is 0 Å². The molecule has 0 fully saturated rings. The van der Waals surface area contributed by atoms with E-state index in [1.54, 1.807) is 7.11 Å². The van der Waals surface area contributed by atoms with E-state index in [4.69, 9.17) is 15.2 Å². The van der Waals surface area contributed by atoms with Gasteiger partial charge in [-0.2, -0.15) is 0 Å². The Morgan fingerprint density at radius 2 is 1.79 bits per heavy atom. The summed E-state index contributed by atoms with van der Waals surface area (Å²) in [6.07, 6.45) is 0.848. The number of hydrogen-bond acceptors (Lipinski definition) is 3. The maximum absolute atomic E-state index is 5.86. The van der Waals surface area contributed by atoms with Crippen LogP contribution >= 0.6 is 0 Å². The standard InChI is InChI=1S/C16H19NO2/c1-18-16-8-7-13(11-15(16)17)9-10-19-12-14-5-3-2-4-6-14/h2-8,11H,9-10,12,17H2,1H3. The number of benzene rings is 2. The monoisotopic (exact) mass is 257 g/mol. The molecule has 0 aliphatic heterocycles. The maximum atomic E-state index is 5.86. The van der Waals surface area contributed by atoms with Crippen molar-refractivity contribution < 1.29 is 9.47 Å². The normalized spacial score (nSPS) is 10.4. The van der Waals surface area contributed by atoms with Crippen LogP contribution in [0.1, 0.15) is 11.1 Å². The van der Waals surface area contributed by atoms with Gasteiger partial charge in [-0.15, -0.1) is 0 Å². The molecule has 0 bridgehead atoms. The number of hydrogen-bond donors (Lipinski definition) is 1. The molecule has 3 heteroatoms. The van der Waals surface area contributed by atoms with Gasteiger partial charge in [0, 0.05) is 0 Å². The first kappa shape index (κ1) is 13.4. The fourth-order valence-electron chi connectivity index (χ4n) is 1.89. The van der Waals surface area contributed by atoms with E-state index < -0.39 is 0 Å². The molecule has 19 heavy (non-hydrogen) atoms. The molecule has 0 amide bonds. The molecule has 0 saturated carbocycles. The van der Waals surface area contributed by atoms with Crippen LogP contribution in [0.5, 0.6) is 5.75 Å². The minimum atomic E-state index is 0.645. The lowest BCUT2D eigenvalue weighted by Gasteiger charge is -2.08. The number of nitrogens with two attached hydrogens (primary N) is 1. The average molecular weight is 257 g/mol. The van der Waals surface area contributed by atoms with Gasteiger partial charge >= 0.3 is 0 Å². The minimum absolute atomic E-state index is 0.645. The third-order valence-corrected chi connectivity index (χ3v) is 2.94. The highest BCUT2D eigenvalue weighted by Crippen LogP contribution is 2.22. The molecule has 2 rings (SSSR count). The molecular weight excluding hydrogens is 238 g/mol. The van der Waals surface area contributed by atoms with E-state index in [0.29, 0.717) is 24.7 Å². The van der Waals surface area contributed by atoms with E-state index in [9.17, 15) is 0 Å². The van der Waals surface area contributed by atoms with E-state index in [0.717, 1.165) is 12.0 Å². The van der Waals surface area contributed by atoms with Crippen molar-refractivity contribution in [1.29, 1.82) is 0 Å². The van der Waals surface area contributed by atoms with Crippen LogP contribution in [0.4, 0.5) is 5.69 Å². The highest BCUT2D eigenvalue weighted by Gasteiger charge is 2.01. The summed E-state index contributed by atoms with van der Waals surface area (Å²) in [4.78, 5) is 0. The van der Waals surface area contributed by atoms with Crippen molar-refractivity contribution in [1.82, 2.24) is 0 Å². The summed E-state index contributed by atoms with van der Waals surface area (Å²) in [7, 11) is 1.62. The summed E-state index contributed by atoms with van der Waals surface area (Å²) in [5.41, 5.74) is 8.88. The van der Waals surface area contributed by atoms with Gasteiger partial charge in [-0.1, -0.05) is 36.4 Å². The first-order chi connectivity index (χ1) is 9.29. The molecule has 3 nitrogen and oxygen atoms in total. The largest absolute Gasteiger partial charge is 0.495 e. The number of methoxy groups -OCH3 is 1. The predicted molar refractivity (Wildman–Crippen MR) is 77.2 cm³/mol. The zero-order valence-corrected chi connectivity index (χ0v) is 11.1. The van der Waals surface area contributed by atoms with Crippen LogP contribution in [0.25, 0.3) is 0 Å². The number of rotatable bonds is 6. The lowest BCUT2D eigenvalue weighted by Crippen LogP contribution is -2.00. The van der Waals surface area contributed by atoms with Crippen LogP contribution in [-0.2, 0) is 17.8 Å². The second kappa shape index (κ2) is 6.81.